The van der Waals surface area contributed by atoms with E-state index in [-0.39, 0.29) is 6.61 Å². The molecule has 0 aliphatic heterocycles. The summed E-state index contributed by atoms with van der Waals surface area (Å²) in [6.45, 7) is 3.56. The molecule has 1 atom stereocenters. The third-order valence-corrected chi connectivity index (χ3v) is 4.08. The van der Waals surface area contributed by atoms with Crippen LogP contribution in [-0.4, -0.2) is 52.1 Å². The molecule has 0 fully saturated rings. The third kappa shape index (κ3) is 5.32. The van der Waals surface area contributed by atoms with E-state index >= 15 is 0 Å². The van der Waals surface area contributed by atoms with Crippen LogP contribution in [0, 0.1) is 6.92 Å². The lowest BCUT2D eigenvalue weighted by atomic mass is 10.2. The van der Waals surface area contributed by atoms with Gasteiger partial charge in [-0.2, -0.15) is 0 Å². The van der Waals surface area contributed by atoms with E-state index in [0.717, 1.165) is 16.5 Å². The van der Waals surface area contributed by atoms with Crippen molar-refractivity contribution in [2.45, 2.75) is 24.7 Å². The number of aliphatic hydroxyl groups is 1. The molecule has 0 bridgehead atoms. The molecular formula is C15H21N3O3S. The van der Waals surface area contributed by atoms with Crippen LogP contribution in [-0.2, 0) is 11.3 Å². The third-order valence-electron chi connectivity index (χ3n) is 2.95. The Morgan fingerprint density at radius 1 is 1.41 bits per heavy atom. The van der Waals surface area contributed by atoms with Crippen LogP contribution < -0.4 is 4.74 Å². The van der Waals surface area contributed by atoms with Crippen molar-refractivity contribution in [2.24, 2.45) is 0 Å². The van der Waals surface area contributed by atoms with Gasteiger partial charge < -0.3 is 19.1 Å². The van der Waals surface area contributed by atoms with E-state index in [1.807, 2.05) is 35.8 Å². The average Bonchev–Trinajstić information content (AvgIpc) is 2.96. The summed E-state index contributed by atoms with van der Waals surface area (Å²) >= 11 is 1.45. The highest BCUT2D eigenvalue weighted by Gasteiger charge is 2.10. The Hall–Kier alpha value is -1.57. The van der Waals surface area contributed by atoms with Gasteiger partial charge in [-0.05, 0) is 24.6 Å². The first kappa shape index (κ1) is 16.8. The number of rotatable bonds is 9. The summed E-state index contributed by atoms with van der Waals surface area (Å²) in [6.07, 6.45) is 1.09. The molecule has 0 spiro atoms. The molecule has 7 heteroatoms. The molecule has 120 valence electrons. The number of aromatic nitrogens is 3. The van der Waals surface area contributed by atoms with Crippen molar-refractivity contribution in [1.29, 1.82) is 0 Å². The maximum atomic E-state index is 10.0. The fourth-order valence-corrected chi connectivity index (χ4v) is 2.66. The van der Waals surface area contributed by atoms with E-state index in [2.05, 4.69) is 10.2 Å². The predicted molar refractivity (Wildman–Crippen MR) is 85.3 cm³/mol. The van der Waals surface area contributed by atoms with Gasteiger partial charge >= 0.3 is 0 Å². The van der Waals surface area contributed by atoms with Gasteiger partial charge in [0.25, 0.3) is 0 Å². The second-order valence-corrected chi connectivity index (χ2v) is 5.88. The first-order chi connectivity index (χ1) is 10.7. The number of hydrogen-bond donors (Lipinski definition) is 1. The second kappa shape index (κ2) is 8.77. The smallest absolute Gasteiger partial charge is 0.191 e. The molecular weight excluding hydrogens is 302 g/mol. The SMILES string of the molecule is COCCn1cnnc1SCC(O)COc1cccc(C)c1. The van der Waals surface area contributed by atoms with Crippen molar-refractivity contribution >= 4 is 11.8 Å². The molecule has 2 aromatic rings. The Labute approximate surface area is 134 Å². The number of aryl methyl sites for hydroxylation is 1. The van der Waals surface area contributed by atoms with E-state index in [4.69, 9.17) is 9.47 Å². The number of hydrogen-bond acceptors (Lipinski definition) is 6. The largest absolute Gasteiger partial charge is 0.491 e. The van der Waals surface area contributed by atoms with Gasteiger partial charge in [0.1, 0.15) is 18.7 Å². The number of aliphatic hydroxyl groups excluding tert-OH is 1. The number of nitrogens with zero attached hydrogens (tertiary/aromatic N) is 3. The fraction of sp³-hybridized carbons (Fsp3) is 0.467. The maximum absolute atomic E-state index is 10.0. The Balaban J connectivity index is 1.75. The molecule has 0 saturated carbocycles. The zero-order valence-electron chi connectivity index (χ0n) is 12.8. The number of benzene rings is 1. The molecule has 6 nitrogen and oxygen atoms in total. The average molecular weight is 323 g/mol. The van der Waals surface area contributed by atoms with Gasteiger partial charge in [0, 0.05) is 19.4 Å². The van der Waals surface area contributed by atoms with Gasteiger partial charge in [-0.15, -0.1) is 10.2 Å². The number of methoxy groups -OCH3 is 1. The molecule has 2 rings (SSSR count). The normalized spacial score (nSPS) is 12.3. The minimum atomic E-state index is -0.571. The van der Waals surface area contributed by atoms with Gasteiger partial charge in [-0.3, -0.25) is 0 Å². The van der Waals surface area contributed by atoms with Gasteiger partial charge in [0.2, 0.25) is 0 Å². The van der Waals surface area contributed by atoms with Gasteiger partial charge in [0.05, 0.1) is 12.7 Å². The maximum Gasteiger partial charge on any atom is 0.191 e. The Kier molecular flexibility index (Phi) is 6.70. The summed E-state index contributed by atoms with van der Waals surface area (Å²) in [5.41, 5.74) is 1.13. The Morgan fingerprint density at radius 2 is 2.27 bits per heavy atom. The molecule has 0 aliphatic carbocycles. The zero-order chi connectivity index (χ0) is 15.8. The van der Waals surface area contributed by atoms with E-state index in [1.54, 1.807) is 13.4 Å². The van der Waals surface area contributed by atoms with Gasteiger partial charge in [-0.25, -0.2) is 0 Å². The molecule has 1 N–H and O–H groups in total. The van der Waals surface area contributed by atoms with Crippen LogP contribution in [0.1, 0.15) is 5.56 Å². The molecule has 22 heavy (non-hydrogen) atoms. The van der Waals surface area contributed by atoms with E-state index in [9.17, 15) is 5.11 Å². The molecule has 1 unspecified atom stereocenters. The predicted octanol–water partition coefficient (Wildman–Crippen LogP) is 1.76. The van der Waals surface area contributed by atoms with Crippen molar-refractivity contribution < 1.29 is 14.6 Å². The standard InChI is InChI=1S/C15H21N3O3S/c1-12-4-3-5-14(8-12)21-9-13(19)10-22-15-17-16-11-18(15)6-7-20-2/h3-5,8,11,13,19H,6-7,9-10H2,1-2H3. The van der Waals surface area contributed by atoms with Crippen LogP contribution in [0.3, 0.4) is 0 Å². The van der Waals surface area contributed by atoms with E-state index < -0.39 is 6.10 Å². The lowest BCUT2D eigenvalue weighted by molar-refractivity contribution is 0.126. The molecule has 1 aromatic heterocycles. The van der Waals surface area contributed by atoms with Crippen LogP contribution in [0.2, 0.25) is 0 Å². The molecule has 0 amide bonds. The topological polar surface area (TPSA) is 69.4 Å². The van der Waals surface area contributed by atoms with Crippen LogP contribution in [0.15, 0.2) is 35.7 Å². The van der Waals surface area contributed by atoms with E-state index in [0.29, 0.717) is 18.9 Å². The first-order valence-corrected chi connectivity index (χ1v) is 8.04. The van der Waals surface area contributed by atoms with Gasteiger partial charge in [-0.1, -0.05) is 23.9 Å². The molecule has 1 heterocycles. The molecule has 0 radical (unpaired) electrons. The summed E-state index contributed by atoms with van der Waals surface area (Å²) in [6, 6.07) is 7.77. The minimum absolute atomic E-state index is 0.253. The highest BCUT2D eigenvalue weighted by molar-refractivity contribution is 7.99. The summed E-state index contributed by atoms with van der Waals surface area (Å²) < 4.78 is 12.5. The van der Waals surface area contributed by atoms with Crippen LogP contribution in [0.25, 0.3) is 0 Å². The second-order valence-electron chi connectivity index (χ2n) is 4.89. The number of thioether (sulfide) groups is 1. The first-order valence-electron chi connectivity index (χ1n) is 7.06. The Bertz CT molecular complexity index is 577. The summed E-state index contributed by atoms with van der Waals surface area (Å²) in [5.74, 6) is 1.27. The van der Waals surface area contributed by atoms with Crippen LogP contribution in [0.4, 0.5) is 0 Å². The van der Waals surface area contributed by atoms with Crippen LogP contribution in [0.5, 0.6) is 5.75 Å². The fourth-order valence-electron chi connectivity index (χ4n) is 1.82. The summed E-state index contributed by atoms with van der Waals surface area (Å²) in [7, 11) is 1.66. The van der Waals surface area contributed by atoms with Crippen LogP contribution >= 0.6 is 11.8 Å². The highest BCUT2D eigenvalue weighted by atomic mass is 32.2. The monoisotopic (exact) mass is 323 g/mol. The number of ether oxygens (including phenoxy) is 2. The lowest BCUT2D eigenvalue weighted by Gasteiger charge is -2.12. The van der Waals surface area contributed by atoms with Crippen molar-refractivity contribution in [3.63, 3.8) is 0 Å². The summed E-state index contributed by atoms with van der Waals surface area (Å²) in [5, 5.41) is 18.7. The molecule has 0 saturated heterocycles. The van der Waals surface area contributed by atoms with Crippen molar-refractivity contribution in [2.75, 3.05) is 26.1 Å². The quantitative estimate of drug-likeness (QED) is 0.709. The van der Waals surface area contributed by atoms with Crippen molar-refractivity contribution in [1.82, 2.24) is 14.8 Å². The van der Waals surface area contributed by atoms with Crippen molar-refractivity contribution in [3.8, 4) is 5.75 Å². The molecule has 1 aromatic carbocycles. The Morgan fingerprint density at radius 3 is 3.05 bits per heavy atom. The zero-order valence-corrected chi connectivity index (χ0v) is 13.6. The highest BCUT2D eigenvalue weighted by Crippen LogP contribution is 2.17. The lowest BCUT2D eigenvalue weighted by Crippen LogP contribution is -2.20. The minimum Gasteiger partial charge on any atom is -0.491 e. The van der Waals surface area contributed by atoms with Gasteiger partial charge in [0.15, 0.2) is 5.16 Å². The summed E-state index contributed by atoms with van der Waals surface area (Å²) in [4.78, 5) is 0. The van der Waals surface area contributed by atoms with Crippen molar-refractivity contribution in [3.05, 3.63) is 36.2 Å². The van der Waals surface area contributed by atoms with E-state index in [1.165, 1.54) is 11.8 Å². The molecule has 0 aliphatic rings.